The van der Waals surface area contributed by atoms with E-state index >= 15 is 0 Å². The van der Waals surface area contributed by atoms with Crippen LogP contribution in [0, 0.1) is 15.0 Å². The van der Waals surface area contributed by atoms with Crippen molar-refractivity contribution < 1.29 is 4.74 Å². The quantitative estimate of drug-likeness (QED) is 0.439. The molecule has 0 aliphatic carbocycles. The molecule has 22 heavy (non-hydrogen) atoms. The van der Waals surface area contributed by atoms with E-state index in [4.69, 9.17) is 16.2 Å². The van der Waals surface area contributed by atoms with Gasteiger partial charge in [0.25, 0.3) is 0 Å². The predicted octanol–water partition coefficient (Wildman–Crippen LogP) is 3.27. The van der Waals surface area contributed by atoms with Crippen molar-refractivity contribution in [1.29, 1.82) is 0 Å². The molecule has 5 nitrogen and oxygen atoms in total. The Bertz CT molecular complexity index is 762. The first-order valence-electron chi connectivity index (χ1n) is 6.63. The van der Waals surface area contributed by atoms with E-state index in [9.17, 15) is 0 Å². The summed E-state index contributed by atoms with van der Waals surface area (Å²) in [6, 6.07) is 5.83. The molecule has 0 saturated carbocycles. The molecule has 1 heterocycles. The van der Waals surface area contributed by atoms with Gasteiger partial charge in [0.2, 0.25) is 5.95 Å². The van der Waals surface area contributed by atoms with Crippen LogP contribution in [-0.2, 0) is 0 Å². The largest absolute Gasteiger partial charge is 0.451 e. The molecule has 0 saturated heterocycles. The van der Waals surface area contributed by atoms with E-state index in [0.717, 1.165) is 9.13 Å². The van der Waals surface area contributed by atoms with E-state index in [2.05, 4.69) is 63.7 Å². The lowest BCUT2D eigenvalue weighted by Crippen LogP contribution is -2.16. The van der Waals surface area contributed by atoms with Crippen LogP contribution >= 0.6 is 22.6 Å². The molecular weight excluding hydrogens is 407 g/mol. The minimum atomic E-state index is -1.42. The lowest BCUT2D eigenvalue weighted by molar-refractivity contribution is 0.477. The highest BCUT2D eigenvalue weighted by Crippen LogP contribution is 2.30. The Labute approximate surface area is 144 Å². The van der Waals surface area contributed by atoms with Crippen molar-refractivity contribution in [3.8, 4) is 23.0 Å². The van der Waals surface area contributed by atoms with Crippen molar-refractivity contribution in [2.75, 3.05) is 11.5 Å². The number of hydrogen-bond acceptors (Lipinski definition) is 5. The highest BCUT2D eigenvalue weighted by molar-refractivity contribution is 14.1. The van der Waals surface area contributed by atoms with Gasteiger partial charge in [-0.1, -0.05) is 25.6 Å². The standard InChI is InChI=1S/C15H17IN4OSi/c1-22(2,3)7-6-10-4-5-11(16)12(8-10)21-13-9-19-15(18)20-14(13)17/h4-5,8-9H,1-3H3,(H4,17,18,19,20). The summed E-state index contributed by atoms with van der Waals surface area (Å²) in [7, 11) is -1.42. The van der Waals surface area contributed by atoms with Gasteiger partial charge in [0, 0.05) is 5.56 Å². The summed E-state index contributed by atoms with van der Waals surface area (Å²) in [5, 5.41) is 0. The highest BCUT2D eigenvalue weighted by Gasteiger charge is 2.10. The molecule has 7 heteroatoms. The van der Waals surface area contributed by atoms with Crippen LogP contribution < -0.4 is 16.2 Å². The molecule has 0 aliphatic rings. The van der Waals surface area contributed by atoms with Crippen LogP contribution in [0.5, 0.6) is 11.5 Å². The second-order valence-electron chi connectivity index (χ2n) is 5.72. The molecule has 0 atom stereocenters. The van der Waals surface area contributed by atoms with Crippen molar-refractivity contribution in [2.24, 2.45) is 0 Å². The van der Waals surface area contributed by atoms with Crippen LogP contribution in [0.1, 0.15) is 5.56 Å². The van der Waals surface area contributed by atoms with Crippen molar-refractivity contribution in [2.45, 2.75) is 19.6 Å². The Morgan fingerprint density at radius 2 is 1.91 bits per heavy atom. The highest BCUT2D eigenvalue weighted by atomic mass is 127. The normalized spacial score (nSPS) is 10.7. The maximum atomic E-state index is 5.80. The Morgan fingerprint density at radius 1 is 1.18 bits per heavy atom. The van der Waals surface area contributed by atoms with Gasteiger partial charge in [0.15, 0.2) is 11.6 Å². The SMILES string of the molecule is C[Si](C)(C)C#Cc1ccc(I)c(Oc2cnc(N)nc2N)c1. The van der Waals surface area contributed by atoms with E-state index in [1.54, 1.807) is 0 Å². The van der Waals surface area contributed by atoms with Crippen LogP contribution in [0.25, 0.3) is 0 Å². The molecule has 0 bridgehead atoms. The third kappa shape index (κ3) is 4.61. The first-order valence-corrected chi connectivity index (χ1v) is 11.2. The van der Waals surface area contributed by atoms with Gasteiger partial charge >= 0.3 is 0 Å². The Morgan fingerprint density at radius 3 is 2.55 bits per heavy atom. The fraction of sp³-hybridized carbons (Fsp3) is 0.200. The number of aromatic nitrogens is 2. The molecule has 2 rings (SSSR count). The van der Waals surface area contributed by atoms with Crippen molar-refractivity contribution in [3.05, 3.63) is 33.5 Å². The third-order valence-electron chi connectivity index (χ3n) is 2.53. The van der Waals surface area contributed by atoms with Crippen LogP contribution in [-0.4, -0.2) is 18.0 Å². The van der Waals surface area contributed by atoms with E-state index in [-0.39, 0.29) is 11.8 Å². The average molecular weight is 424 g/mol. The first-order chi connectivity index (χ1) is 10.2. The molecule has 1 aromatic carbocycles. The molecular formula is C15H17IN4OSi. The maximum Gasteiger partial charge on any atom is 0.222 e. The molecule has 2 aromatic rings. The van der Waals surface area contributed by atoms with Crippen LogP contribution in [0.2, 0.25) is 19.6 Å². The minimum Gasteiger partial charge on any atom is -0.451 e. The van der Waals surface area contributed by atoms with Gasteiger partial charge < -0.3 is 16.2 Å². The van der Waals surface area contributed by atoms with Crippen molar-refractivity contribution in [1.82, 2.24) is 9.97 Å². The summed E-state index contributed by atoms with van der Waals surface area (Å²) in [5.74, 6) is 4.58. The van der Waals surface area contributed by atoms with Gasteiger partial charge in [0.1, 0.15) is 13.8 Å². The number of benzene rings is 1. The topological polar surface area (TPSA) is 87.0 Å². The van der Waals surface area contributed by atoms with E-state index in [0.29, 0.717) is 11.5 Å². The molecule has 0 radical (unpaired) electrons. The zero-order valence-corrected chi connectivity index (χ0v) is 15.8. The molecule has 0 unspecified atom stereocenters. The average Bonchev–Trinajstić information content (AvgIpc) is 2.41. The summed E-state index contributed by atoms with van der Waals surface area (Å²) >= 11 is 2.20. The molecule has 4 N–H and O–H groups in total. The molecule has 0 aliphatic heterocycles. The summed E-state index contributed by atoms with van der Waals surface area (Å²) in [4.78, 5) is 7.78. The molecule has 0 fully saturated rings. The monoisotopic (exact) mass is 424 g/mol. The fourth-order valence-electron chi connectivity index (χ4n) is 1.51. The lowest BCUT2D eigenvalue weighted by atomic mass is 10.2. The zero-order chi connectivity index (χ0) is 16.3. The van der Waals surface area contributed by atoms with E-state index in [1.807, 2.05) is 18.2 Å². The summed E-state index contributed by atoms with van der Waals surface area (Å²) in [6.07, 6.45) is 1.47. The van der Waals surface area contributed by atoms with E-state index in [1.165, 1.54) is 6.20 Å². The van der Waals surface area contributed by atoms with Crippen molar-refractivity contribution >= 4 is 42.4 Å². The Balaban J connectivity index is 2.32. The number of ether oxygens (including phenoxy) is 1. The summed E-state index contributed by atoms with van der Waals surface area (Å²) < 4.78 is 6.75. The Hall–Kier alpha value is -1.79. The number of nitrogens with zero attached hydrogens (tertiary/aromatic N) is 2. The number of anilines is 2. The van der Waals surface area contributed by atoms with Crippen LogP contribution in [0.4, 0.5) is 11.8 Å². The third-order valence-corrected chi connectivity index (χ3v) is 4.30. The van der Waals surface area contributed by atoms with Gasteiger partial charge in [-0.25, -0.2) is 4.98 Å². The molecule has 0 spiro atoms. The molecule has 0 amide bonds. The van der Waals surface area contributed by atoms with Crippen molar-refractivity contribution in [3.63, 3.8) is 0 Å². The van der Waals surface area contributed by atoms with Gasteiger partial charge in [0.05, 0.1) is 9.77 Å². The summed E-state index contributed by atoms with van der Waals surface area (Å²) in [5.41, 5.74) is 15.5. The lowest BCUT2D eigenvalue weighted by Gasteiger charge is -2.10. The van der Waals surface area contributed by atoms with Crippen LogP contribution in [0.3, 0.4) is 0 Å². The fourth-order valence-corrected chi connectivity index (χ4v) is 2.48. The summed E-state index contributed by atoms with van der Waals surface area (Å²) in [6.45, 7) is 6.61. The maximum absolute atomic E-state index is 5.80. The number of halogens is 1. The second kappa shape index (κ2) is 6.54. The van der Waals surface area contributed by atoms with Crippen LogP contribution in [0.15, 0.2) is 24.4 Å². The molecule has 114 valence electrons. The first kappa shape index (κ1) is 16.6. The van der Waals surface area contributed by atoms with Gasteiger partial charge in [-0.3, -0.25) is 0 Å². The smallest absolute Gasteiger partial charge is 0.222 e. The van der Waals surface area contributed by atoms with E-state index < -0.39 is 8.07 Å². The van der Waals surface area contributed by atoms with Gasteiger partial charge in [-0.15, -0.1) is 5.54 Å². The minimum absolute atomic E-state index is 0.120. The Kier molecular flexibility index (Phi) is 4.93. The number of nitrogen functional groups attached to an aromatic ring is 2. The molecule has 1 aromatic heterocycles. The number of hydrogen-bond donors (Lipinski definition) is 2. The van der Waals surface area contributed by atoms with Gasteiger partial charge in [-0.2, -0.15) is 4.98 Å². The zero-order valence-electron chi connectivity index (χ0n) is 12.6. The number of nitrogens with two attached hydrogens (primary N) is 2. The van der Waals surface area contributed by atoms with Gasteiger partial charge in [-0.05, 0) is 40.8 Å². The second-order valence-corrected chi connectivity index (χ2v) is 11.6. The predicted molar refractivity (Wildman–Crippen MR) is 100 cm³/mol. The number of rotatable bonds is 2.